The van der Waals surface area contributed by atoms with E-state index in [0.29, 0.717) is 12.1 Å². The average Bonchev–Trinajstić information content (AvgIpc) is 3.00. The fourth-order valence-electron chi connectivity index (χ4n) is 2.76. The molecule has 0 saturated carbocycles. The number of rotatable bonds is 4. The highest BCUT2D eigenvalue weighted by Crippen LogP contribution is 2.22. The van der Waals surface area contributed by atoms with Gasteiger partial charge in [-0.1, -0.05) is 18.2 Å². The molecule has 21 heavy (non-hydrogen) atoms. The first kappa shape index (κ1) is 14.2. The number of benzene rings is 2. The van der Waals surface area contributed by atoms with Gasteiger partial charge in [-0.25, -0.2) is 0 Å². The standard InChI is InChI=1S/C18H19NOS/c1-21-17-9-7-15(8-10-17)18(20)19-12-13-5-6-14-3-2-4-16(14)11-13/h5-11H,2-4,12H2,1H3,(H,19,20). The molecule has 108 valence electrons. The lowest BCUT2D eigenvalue weighted by atomic mass is 10.1. The molecule has 0 fully saturated rings. The Morgan fingerprint density at radius 1 is 1.10 bits per heavy atom. The Kier molecular flexibility index (Phi) is 4.30. The molecule has 0 atom stereocenters. The van der Waals surface area contributed by atoms with Gasteiger partial charge in [0, 0.05) is 17.0 Å². The van der Waals surface area contributed by atoms with Gasteiger partial charge in [-0.15, -0.1) is 11.8 Å². The van der Waals surface area contributed by atoms with Gasteiger partial charge in [0.2, 0.25) is 0 Å². The van der Waals surface area contributed by atoms with Crippen molar-refractivity contribution in [2.45, 2.75) is 30.7 Å². The van der Waals surface area contributed by atoms with E-state index in [1.807, 2.05) is 30.5 Å². The van der Waals surface area contributed by atoms with Gasteiger partial charge >= 0.3 is 0 Å². The Labute approximate surface area is 130 Å². The van der Waals surface area contributed by atoms with Crippen LogP contribution in [0.2, 0.25) is 0 Å². The largest absolute Gasteiger partial charge is 0.348 e. The molecular weight excluding hydrogens is 278 g/mol. The van der Waals surface area contributed by atoms with Crippen LogP contribution >= 0.6 is 11.8 Å². The van der Waals surface area contributed by atoms with E-state index in [0.717, 1.165) is 0 Å². The predicted molar refractivity (Wildman–Crippen MR) is 87.9 cm³/mol. The van der Waals surface area contributed by atoms with Crippen molar-refractivity contribution in [3.63, 3.8) is 0 Å². The van der Waals surface area contributed by atoms with E-state index >= 15 is 0 Å². The topological polar surface area (TPSA) is 29.1 Å². The van der Waals surface area contributed by atoms with Gasteiger partial charge in [0.1, 0.15) is 0 Å². The van der Waals surface area contributed by atoms with Gasteiger partial charge in [0.15, 0.2) is 0 Å². The first-order valence-electron chi connectivity index (χ1n) is 7.29. The van der Waals surface area contributed by atoms with E-state index in [4.69, 9.17) is 0 Å². The minimum Gasteiger partial charge on any atom is -0.348 e. The highest BCUT2D eigenvalue weighted by atomic mass is 32.2. The van der Waals surface area contributed by atoms with Crippen molar-refractivity contribution in [3.8, 4) is 0 Å². The van der Waals surface area contributed by atoms with E-state index in [9.17, 15) is 4.79 Å². The highest BCUT2D eigenvalue weighted by molar-refractivity contribution is 7.98. The van der Waals surface area contributed by atoms with E-state index < -0.39 is 0 Å². The number of carbonyl (C=O) groups excluding carboxylic acids is 1. The summed E-state index contributed by atoms with van der Waals surface area (Å²) in [5, 5.41) is 3.00. The zero-order valence-electron chi connectivity index (χ0n) is 12.2. The molecule has 1 amide bonds. The van der Waals surface area contributed by atoms with Crippen molar-refractivity contribution in [1.29, 1.82) is 0 Å². The van der Waals surface area contributed by atoms with Crippen molar-refractivity contribution >= 4 is 17.7 Å². The van der Waals surface area contributed by atoms with Crippen LogP contribution in [0.1, 0.15) is 33.5 Å². The molecule has 3 rings (SSSR count). The lowest BCUT2D eigenvalue weighted by Crippen LogP contribution is -2.22. The predicted octanol–water partition coefficient (Wildman–Crippen LogP) is 3.83. The Hall–Kier alpha value is -1.74. The number of fused-ring (bicyclic) bond motifs is 1. The molecule has 0 bridgehead atoms. The van der Waals surface area contributed by atoms with Crippen LogP contribution in [0, 0.1) is 0 Å². The second kappa shape index (κ2) is 6.35. The third-order valence-electron chi connectivity index (χ3n) is 3.97. The smallest absolute Gasteiger partial charge is 0.251 e. The number of amides is 1. The monoisotopic (exact) mass is 297 g/mol. The van der Waals surface area contributed by atoms with Crippen LogP contribution < -0.4 is 5.32 Å². The maximum Gasteiger partial charge on any atom is 0.251 e. The summed E-state index contributed by atoms with van der Waals surface area (Å²) in [5.41, 5.74) is 4.82. The molecule has 0 unspecified atom stereocenters. The third kappa shape index (κ3) is 3.30. The summed E-state index contributed by atoms with van der Waals surface area (Å²) in [6, 6.07) is 14.3. The molecule has 1 aliphatic rings. The van der Waals surface area contributed by atoms with E-state index in [1.165, 1.54) is 40.8 Å². The molecule has 0 aliphatic heterocycles. The minimum atomic E-state index is -0.0110. The van der Waals surface area contributed by atoms with Gasteiger partial charge in [0.25, 0.3) is 5.91 Å². The van der Waals surface area contributed by atoms with Crippen molar-refractivity contribution in [1.82, 2.24) is 5.32 Å². The number of hydrogen-bond donors (Lipinski definition) is 1. The van der Waals surface area contributed by atoms with Gasteiger partial charge < -0.3 is 5.32 Å². The third-order valence-corrected chi connectivity index (χ3v) is 4.71. The molecule has 0 spiro atoms. The molecule has 2 aromatic carbocycles. The van der Waals surface area contributed by atoms with E-state index in [-0.39, 0.29) is 5.91 Å². The first-order valence-corrected chi connectivity index (χ1v) is 8.51. The van der Waals surface area contributed by atoms with Gasteiger partial charge in [0.05, 0.1) is 0 Å². The summed E-state index contributed by atoms with van der Waals surface area (Å²) >= 11 is 1.68. The summed E-state index contributed by atoms with van der Waals surface area (Å²) < 4.78 is 0. The molecule has 0 heterocycles. The maximum atomic E-state index is 12.1. The quantitative estimate of drug-likeness (QED) is 0.869. The molecule has 1 N–H and O–H groups in total. The van der Waals surface area contributed by atoms with Crippen LogP contribution in [0.25, 0.3) is 0 Å². The minimum absolute atomic E-state index is 0.0110. The summed E-state index contributed by atoms with van der Waals surface area (Å²) in [4.78, 5) is 13.3. The summed E-state index contributed by atoms with van der Waals surface area (Å²) in [7, 11) is 0. The van der Waals surface area contributed by atoms with Crippen LogP contribution in [0.3, 0.4) is 0 Å². The molecule has 0 aromatic heterocycles. The number of hydrogen-bond acceptors (Lipinski definition) is 2. The van der Waals surface area contributed by atoms with Crippen molar-refractivity contribution < 1.29 is 4.79 Å². The molecular formula is C18H19NOS. The maximum absolute atomic E-state index is 12.1. The average molecular weight is 297 g/mol. The Morgan fingerprint density at radius 3 is 2.62 bits per heavy atom. The normalized spacial score (nSPS) is 13.0. The SMILES string of the molecule is CSc1ccc(C(=O)NCc2ccc3c(c2)CCC3)cc1. The zero-order chi connectivity index (χ0) is 14.7. The molecule has 0 saturated heterocycles. The van der Waals surface area contributed by atoms with Crippen LogP contribution in [0.5, 0.6) is 0 Å². The lowest BCUT2D eigenvalue weighted by molar-refractivity contribution is 0.0951. The van der Waals surface area contributed by atoms with Crippen LogP contribution in [0.4, 0.5) is 0 Å². The number of nitrogens with one attached hydrogen (secondary N) is 1. The lowest BCUT2D eigenvalue weighted by Gasteiger charge is -2.08. The van der Waals surface area contributed by atoms with Crippen LogP contribution in [-0.2, 0) is 19.4 Å². The first-order chi connectivity index (χ1) is 10.3. The van der Waals surface area contributed by atoms with Gasteiger partial charge in [-0.05, 0) is 66.5 Å². The van der Waals surface area contributed by atoms with Crippen molar-refractivity contribution in [2.24, 2.45) is 0 Å². The highest BCUT2D eigenvalue weighted by Gasteiger charge is 2.11. The fraction of sp³-hybridized carbons (Fsp3) is 0.278. The van der Waals surface area contributed by atoms with Gasteiger partial charge in [-0.2, -0.15) is 0 Å². The number of thioether (sulfide) groups is 1. The van der Waals surface area contributed by atoms with E-state index in [2.05, 4.69) is 23.5 Å². The second-order valence-corrected chi connectivity index (χ2v) is 6.25. The van der Waals surface area contributed by atoms with Crippen molar-refractivity contribution in [3.05, 3.63) is 64.7 Å². The zero-order valence-corrected chi connectivity index (χ0v) is 13.0. The summed E-state index contributed by atoms with van der Waals surface area (Å²) in [6.07, 6.45) is 5.66. The van der Waals surface area contributed by atoms with Crippen molar-refractivity contribution in [2.75, 3.05) is 6.26 Å². The molecule has 1 aliphatic carbocycles. The number of aryl methyl sites for hydroxylation is 2. The van der Waals surface area contributed by atoms with Crippen LogP contribution in [0.15, 0.2) is 47.4 Å². The summed E-state index contributed by atoms with van der Waals surface area (Å²) in [5.74, 6) is -0.0110. The molecule has 0 radical (unpaired) electrons. The van der Waals surface area contributed by atoms with Gasteiger partial charge in [-0.3, -0.25) is 4.79 Å². The Bertz CT molecular complexity index is 649. The van der Waals surface area contributed by atoms with E-state index in [1.54, 1.807) is 11.8 Å². The Morgan fingerprint density at radius 2 is 1.86 bits per heavy atom. The molecule has 2 aromatic rings. The second-order valence-electron chi connectivity index (χ2n) is 5.37. The number of carbonyl (C=O) groups is 1. The van der Waals surface area contributed by atoms with Crippen LogP contribution in [-0.4, -0.2) is 12.2 Å². The molecule has 2 nitrogen and oxygen atoms in total. The Balaban J connectivity index is 1.62. The summed E-state index contributed by atoms with van der Waals surface area (Å²) in [6.45, 7) is 0.594. The fourth-order valence-corrected chi connectivity index (χ4v) is 3.17. The molecule has 3 heteroatoms.